The average molecular weight is 290 g/mol. The van der Waals surface area contributed by atoms with Gasteiger partial charge < -0.3 is 4.90 Å². The summed E-state index contributed by atoms with van der Waals surface area (Å²) < 4.78 is 64.4. The van der Waals surface area contributed by atoms with Crippen LogP contribution in [0.25, 0.3) is 0 Å². The molecule has 108 valence electrons. The van der Waals surface area contributed by atoms with Crippen molar-refractivity contribution < 1.29 is 22.0 Å². The molecule has 1 aromatic rings. The quantitative estimate of drug-likeness (QED) is 0.778. The zero-order valence-corrected chi connectivity index (χ0v) is 10.5. The molecule has 0 bridgehead atoms. The highest BCUT2D eigenvalue weighted by Gasteiger charge is 2.49. The Balaban J connectivity index is 2.15. The van der Waals surface area contributed by atoms with Gasteiger partial charge in [-0.2, -0.15) is 18.4 Å². The van der Waals surface area contributed by atoms with E-state index in [2.05, 4.69) is 0 Å². The Labute approximate surface area is 112 Å². The minimum Gasteiger partial charge on any atom is -0.369 e. The number of nitriles is 1. The molecule has 0 amide bonds. The van der Waals surface area contributed by atoms with Gasteiger partial charge in [-0.05, 0) is 25.0 Å². The first-order chi connectivity index (χ1) is 9.25. The van der Waals surface area contributed by atoms with Crippen LogP contribution in [0.15, 0.2) is 12.1 Å². The smallest absolute Gasteiger partial charge is 0.369 e. The third-order valence-electron chi connectivity index (χ3n) is 3.69. The van der Waals surface area contributed by atoms with E-state index in [1.165, 1.54) is 24.1 Å². The van der Waals surface area contributed by atoms with E-state index in [1.54, 1.807) is 0 Å². The summed E-state index contributed by atoms with van der Waals surface area (Å²) in [5.74, 6) is -3.87. The molecule has 1 saturated carbocycles. The van der Waals surface area contributed by atoms with Crippen molar-refractivity contribution in [2.75, 3.05) is 11.9 Å². The summed E-state index contributed by atoms with van der Waals surface area (Å²) in [4.78, 5) is 1.29. The molecule has 1 fully saturated rings. The van der Waals surface area contributed by atoms with Crippen molar-refractivity contribution >= 4 is 5.69 Å². The first-order valence-corrected chi connectivity index (χ1v) is 5.93. The number of halogens is 5. The Hall–Kier alpha value is -1.84. The van der Waals surface area contributed by atoms with Crippen LogP contribution in [0.4, 0.5) is 27.6 Å². The van der Waals surface area contributed by atoms with Crippen molar-refractivity contribution in [1.82, 2.24) is 0 Å². The highest BCUT2D eigenvalue weighted by Crippen LogP contribution is 2.44. The number of anilines is 1. The zero-order chi connectivity index (χ0) is 15.1. The molecule has 1 aliphatic carbocycles. The molecular formula is C13H11F5N2. The Morgan fingerprint density at radius 2 is 1.80 bits per heavy atom. The van der Waals surface area contributed by atoms with Crippen molar-refractivity contribution in [3.05, 3.63) is 29.3 Å². The Kier molecular flexibility index (Phi) is 3.59. The third kappa shape index (κ3) is 2.42. The lowest BCUT2D eigenvalue weighted by atomic mass is 9.79. The van der Waals surface area contributed by atoms with E-state index in [-0.39, 0.29) is 18.5 Å². The predicted molar refractivity (Wildman–Crippen MR) is 62.0 cm³/mol. The van der Waals surface area contributed by atoms with Gasteiger partial charge in [-0.3, -0.25) is 0 Å². The molecule has 0 radical (unpaired) electrons. The van der Waals surface area contributed by atoms with Gasteiger partial charge in [0.05, 0.1) is 17.2 Å². The molecule has 0 unspecified atom stereocenters. The van der Waals surface area contributed by atoms with Gasteiger partial charge >= 0.3 is 6.18 Å². The van der Waals surface area contributed by atoms with Gasteiger partial charge in [0.25, 0.3) is 0 Å². The molecule has 0 N–H and O–H groups in total. The van der Waals surface area contributed by atoms with Crippen molar-refractivity contribution in [1.29, 1.82) is 5.26 Å². The van der Waals surface area contributed by atoms with Crippen molar-refractivity contribution in [3.63, 3.8) is 0 Å². The predicted octanol–water partition coefficient (Wildman–Crippen LogP) is 3.61. The van der Waals surface area contributed by atoms with E-state index in [0.717, 1.165) is 6.07 Å². The largest absolute Gasteiger partial charge is 0.391 e. The van der Waals surface area contributed by atoms with Gasteiger partial charge in [-0.25, -0.2) is 8.78 Å². The normalized spacial score (nSPS) is 22.1. The SMILES string of the molecule is CN(c1ccc(C#N)c(F)c1F)C1CC(C(F)(F)F)C1. The first-order valence-electron chi connectivity index (χ1n) is 5.93. The summed E-state index contributed by atoms with van der Waals surface area (Å²) in [7, 11) is 1.42. The van der Waals surface area contributed by atoms with E-state index >= 15 is 0 Å². The van der Waals surface area contributed by atoms with Crippen LogP contribution in [0.1, 0.15) is 18.4 Å². The van der Waals surface area contributed by atoms with Gasteiger partial charge in [-0.15, -0.1) is 0 Å². The number of hydrogen-bond donors (Lipinski definition) is 0. The molecule has 2 nitrogen and oxygen atoms in total. The minimum atomic E-state index is -4.24. The lowest BCUT2D eigenvalue weighted by Crippen LogP contribution is -2.48. The summed E-state index contributed by atoms with van der Waals surface area (Å²) in [6, 6.07) is 3.34. The van der Waals surface area contributed by atoms with Gasteiger partial charge in [-0.1, -0.05) is 0 Å². The molecule has 0 heterocycles. The molecule has 0 saturated heterocycles. The van der Waals surface area contributed by atoms with Crippen LogP contribution in [0, 0.1) is 28.9 Å². The molecule has 0 atom stereocenters. The first kappa shape index (κ1) is 14.6. The zero-order valence-electron chi connectivity index (χ0n) is 10.5. The fourth-order valence-corrected chi connectivity index (χ4v) is 2.27. The maximum absolute atomic E-state index is 13.8. The summed E-state index contributed by atoms with van der Waals surface area (Å²) in [6.07, 6.45) is -4.52. The van der Waals surface area contributed by atoms with E-state index in [0.29, 0.717) is 0 Å². The van der Waals surface area contributed by atoms with Crippen LogP contribution >= 0.6 is 0 Å². The molecule has 0 spiro atoms. The Bertz CT molecular complexity index is 555. The maximum Gasteiger partial charge on any atom is 0.391 e. The number of alkyl halides is 3. The number of rotatable bonds is 2. The average Bonchev–Trinajstić information content (AvgIpc) is 2.28. The molecule has 1 aromatic carbocycles. The molecule has 0 aromatic heterocycles. The fourth-order valence-electron chi connectivity index (χ4n) is 2.27. The van der Waals surface area contributed by atoms with Crippen LogP contribution in [-0.2, 0) is 0 Å². The van der Waals surface area contributed by atoms with Crippen molar-refractivity contribution in [3.8, 4) is 6.07 Å². The highest BCUT2D eigenvalue weighted by molar-refractivity contribution is 5.52. The van der Waals surface area contributed by atoms with Gasteiger partial charge in [0, 0.05) is 13.1 Å². The fraction of sp³-hybridized carbons (Fsp3) is 0.462. The standard InChI is InChI=1S/C13H11F5N2/c1-20(9-4-8(5-9)13(16,17)18)10-3-2-7(6-19)11(14)12(10)15/h2-3,8-9H,4-5H2,1H3. The van der Waals surface area contributed by atoms with Gasteiger partial charge in [0.2, 0.25) is 0 Å². The summed E-state index contributed by atoms with van der Waals surface area (Å²) in [6.45, 7) is 0. The second-order valence-electron chi connectivity index (χ2n) is 4.85. The minimum absolute atomic E-state index is 0.132. The number of nitrogens with zero attached hydrogens (tertiary/aromatic N) is 2. The van der Waals surface area contributed by atoms with Gasteiger partial charge in [0.1, 0.15) is 6.07 Å². The topological polar surface area (TPSA) is 27.0 Å². The Morgan fingerprint density at radius 3 is 2.30 bits per heavy atom. The molecule has 20 heavy (non-hydrogen) atoms. The van der Waals surface area contributed by atoms with E-state index in [1.807, 2.05) is 0 Å². The molecular weight excluding hydrogens is 279 g/mol. The molecule has 7 heteroatoms. The van der Waals surface area contributed by atoms with E-state index < -0.39 is 35.3 Å². The summed E-state index contributed by atoms with van der Waals surface area (Å²) >= 11 is 0. The van der Waals surface area contributed by atoms with Crippen LogP contribution in [0.5, 0.6) is 0 Å². The van der Waals surface area contributed by atoms with Crippen LogP contribution in [0.3, 0.4) is 0 Å². The van der Waals surface area contributed by atoms with Crippen LogP contribution < -0.4 is 4.90 Å². The highest BCUT2D eigenvalue weighted by atomic mass is 19.4. The third-order valence-corrected chi connectivity index (χ3v) is 3.69. The second-order valence-corrected chi connectivity index (χ2v) is 4.85. The second kappa shape index (κ2) is 4.93. The molecule has 1 aliphatic rings. The number of benzene rings is 1. The van der Waals surface area contributed by atoms with Gasteiger partial charge in [0.15, 0.2) is 11.6 Å². The number of hydrogen-bond acceptors (Lipinski definition) is 2. The van der Waals surface area contributed by atoms with Crippen LogP contribution in [0.2, 0.25) is 0 Å². The van der Waals surface area contributed by atoms with E-state index in [4.69, 9.17) is 5.26 Å². The summed E-state index contributed by atoms with van der Waals surface area (Å²) in [5, 5.41) is 8.57. The maximum atomic E-state index is 13.8. The molecule has 2 rings (SSSR count). The molecule has 0 aliphatic heterocycles. The lowest BCUT2D eigenvalue weighted by molar-refractivity contribution is -0.196. The van der Waals surface area contributed by atoms with Crippen LogP contribution in [-0.4, -0.2) is 19.3 Å². The monoisotopic (exact) mass is 290 g/mol. The van der Waals surface area contributed by atoms with E-state index in [9.17, 15) is 22.0 Å². The Morgan fingerprint density at radius 1 is 1.20 bits per heavy atom. The summed E-state index contributed by atoms with van der Waals surface area (Å²) in [5.41, 5.74) is -0.562. The lowest BCUT2D eigenvalue weighted by Gasteiger charge is -2.43. The van der Waals surface area contributed by atoms with Crippen molar-refractivity contribution in [2.24, 2.45) is 5.92 Å². The van der Waals surface area contributed by atoms with Crippen molar-refractivity contribution in [2.45, 2.75) is 25.1 Å².